The van der Waals surface area contributed by atoms with Crippen LogP contribution >= 0.6 is 11.6 Å². The standard InChI is InChI=1S/C15H12ClN5/c16-12-8-20-5-3-10(12)11-6-13(17)15(18)21-14(11)9-2-1-4-19-7-9/h1-8H,17H2,(H2,18,21). The number of rotatable bonds is 2. The Bertz CT molecular complexity index is 789. The van der Waals surface area contributed by atoms with Gasteiger partial charge < -0.3 is 11.5 Å². The molecule has 3 aromatic heterocycles. The molecule has 0 aliphatic heterocycles. The summed E-state index contributed by atoms with van der Waals surface area (Å²) < 4.78 is 0. The van der Waals surface area contributed by atoms with Crippen LogP contribution < -0.4 is 11.5 Å². The van der Waals surface area contributed by atoms with Crippen LogP contribution in [-0.2, 0) is 0 Å². The quantitative estimate of drug-likeness (QED) is 0.758. The van der Waals surface area contributed by atoms with Gasteiger partial charge in [0.25, 0.3) is 0 Å². The number of pyridine rings is 3. The molecule has 0 aliphatic rings. The van der Waals surface area contributed by atoms with Crippen molar-refractivity contribution in [3.63, 3.8) is 0 Å². The molecule has 0 bridgehead atoms. The van der Waals surface area contributed by atoms with Crippen LogP contribution in [0.3, 0.4) is 0 Å². The summed E-state index contributed by atoms with van der Waals surface area (Å²) in [7, 11) is 0. The molecule has 0 amide bonds. The van der Waals surface area contributed by atoms with Crippen LogP contribution in [0.2, 0.25) is 5.02 Å². The molecule has 5 nitrogen and oxygen atoms in total. The lowest BCUT2D eigenvalue weighted by Gasteiger charge is -2.12. The summed E-state index contributed by atoms with van der Waals surface area (Å²) in [6.45, 7) is 0. The number of nitrogens with zero attached hydrogens (tertiary/aromatic N) is 3. The van der Waals surface area contributed by atoms with E-state index in [9.17, 15) is 0 Å². The lowest BCUT2D eigenvalue weighted by molar-refractivity contribution is 1.28. The maximum absolute atomic E-state index is 6.23. The molecule has 0 atom stereocenters. The van der Waals surface area contributed by atoms with Crippen LogP contribution in [0.1, 0.15) is 0 Å². The minimum Gasteiger partial charge on any atom is -0.396 e. The number of nitrogens with two attached hydrogens (primary N) is 2. The highest BCUT2D eigenvalue weighted by Gasteiger charge is 2.14. The fourth-order valence-electron chi connectivity index (χ4n) is 2.06. The first-order valence-electron chi connectivity index (χ1n) is 6.23. The molecule has 3 aromatic rings. The first kappa shape index (κ1) is 13.3. The first-order chi connectivity index (χ1) is 10.2. The Labute approximate surface area is 126 Å². The summed E-state index contributed by atoms with van der Waals surface area (Å²) in [5.74, 6) is 0.280. The topological polar surface area (TPSA) is 90.7 Å². The second-order valence-corrected chi connectivity index (χ2v) is 4.86. The highest BCUT2D eigenvalue weighted by atomic mass is 35.5. The van der Waals surface area contributed by atoms with Crippen molar-refractivity contribution < 1.29 is 0 Å². The lowest BCUT2D eigenvalue weighted by Crippen LogP contribution is -2.01. The summed E-state index contributed by atoms with van der Waals surface area (Å²) in [6.07, 6.45) is 6.66. The molecule has 0 spiro atoms. The monoisotopic (exact) mass is 297 g/mol. The summed E-state index contributed by atoms with van der Waals surface area (Å²) in [6, 6.07) is 7.33. The molecule has 0 saturated heterocycles. The zero-order valence-corrected chi connectivity index (χ0v) is 11.7. The number of hydrogen-bond donors (Lipinski definition) is 2. The van der Waals surface area contributed by atoms with Crippen molar-refractivity contribution in [2.75, 3.05) is 11.5 Å². The summed E-state index contributed by atoms with van der Waals surface area (Å²) >= 11 is 6.23. The van der Waals surface area contributed by atoms with Gasteiger partial charge in [-0.25, -0.2) is 4.98 Å². The third-order valence-corrected chi connectivity index (χ3v) is 3.38. The fourth-order valence-corrected chi connectivity index (χ4v) is 2.29. The zero-order valence-electron chi connectivity index (χ0n) is 11.0. The highest BCUT2D eigenvalue weighted by molar-refractivity contribution is 6.33. The van der Waals surface area contributed by atoms with Gasteiger partial charge in [-0.1, -0.05) is 11.6 Å². The third kappa shape index (κ3) is 2.51. The molecule has 0 saturated carbocycles. The van der Waals surface area contributed by atoms with Crippen LogP contribution in [-0.4, -0.2) is 15.0 Å². The molecule has 3 heterocycles. The van der Waals surface area contributed by atoms with Crippen molar-refractivity contribution in [1.29, 1.82) is 0 Å². The van der Waals surface area contributed by atoms with E-state index < -0.39 is 0 Å². The molecule has 21 heavy (non-hydrogen) atoms. The van der Waals surface area contributed by atoms with Gasteiger partial charge in [0.1, 0.15) is 5.82 Å². The Balaban J connectivity index is 2.30. The van der Waals surface area contributed by atoms with Gasteiger partial charge >= 0.3 is 0 Å². The van der Waals surface area contributed by atoms with Gasteiger partial charge in [-0.3, -0.25) is 9.97 Å². The SMILES string of the molecule is Nc1cc(-c2ccncc2Cl)c(-c2cccnc2)nc1N. The highest BCUT2D eigenvalue weighted by Crippen LogP contribution is 2.36. The van der Waals surface area contributed by atoms with E-state index in [1.807, 2.05) is 18.2 Å². The van der Waals surface area contributed by atoms with E-state index in [1.165, 1.54) is 0 Å². The van der Waals surface area contributed by atoms with Gasteiger partial charge in [-0.15, -0.1) is 0 Å². The van der Waals surface area contributed by atoms with E-state index in [2.05, 4.69) is 15.0 Å². The Morgan fingerprint density at radius 3 is 2.48 bits per heavy atom. The lowest BCUT2D eigenvalue weighted by atomic mass is 10.0. The van der Waals surface area contributed by atoms with E-state index >= 15 is 0 Å². The van der Waals surface area contributed by atoms with Crippen molar-refractivity contribution in [2.24, 2.45) is 0 Å². The van der Waals surface area contributed by atoms with E-state index in [1.54, 1.807) is 30.9 Å². The van der Waals surface area contributed by atoms with Crippen molar-refractivity contribution in [3.8, 4) is 22.4 Å². The molecular weight excluding hydrogens is 286 g/mol. The van der Waals surface area contributed by atoms with Crippen molar-refractivity contribution in [1.82, 2.24) is 15.0 Å². The van der Waals surface area contributed by atoms with Gasteiger partial charge in [-0.2, -0.15) is 0 Å². The van der Waals surface area contributed by atoms with Gasteiger partial charge in [0, 0.05) is 41.5 Å². The zero-order chi connectivity index (χ0) is 14.8. The van der Waals surface area contributed by atoms with Gasteiger partial charge in [0.05, 0.1) is 16.4 Å². The summed E-state index contributed by atoms with van der Waals surface area (Å²) in [5, 5.41) is 0.522. The molecular formula is C15H12ClN5. The maximum Gasteiger partial charge on any atom is 0.147 e. The van der Waals surface area contributed by atoms with Crippen LogP contribution in [0.4, 0.5) is 11.5 Å². The molecule has 3 rings (SSSR count). The van der Waals surface area contributed by atoms with Crippen LogP contribution in [0.5, 0.6) is 0 Å². The largest absolute Gasteiger partial charge is 0.396 e. The Morgan fingerprint density at radius 1 is 0.952 bits per heavy atom. The third-order valence-electron chi connectivity index (χ3n) is 3.08. The number of hydrogen-bond acceptors (Lipinski definition) is 5. The van der Waals surface area contributed by atoms with Crippen molar-refractivity contribution >= 4 is 23.1 Å². The minimum atomic E-state index is 0.280. The Hall–Kier alpha value is -2.66. The van der Waals surface area contributed by atoms with E-state index in [0.29, 0.717) is 16.4 Å². The number of halogens is 1. The molecule has 0 radical (unpaired) electrons. The molecule has 4 N–H and O–H groups in total. The van der Waals surface area contributed by atoms with E-state index in [0.717, 1.165) is 16.7 Å². The second-order valence-electron chi connectivity index (χ2n) is 4.46. The van der Waals surface area contributed by atoms with Crippen LogP contribution in [0.15, 0.2) is 49.1 Å². The first-order valence-corrected chi connectivity index (χ1v) is 6.61. The molecule has 0 unspecified atom stereocenters. The number of nitrogen functional groups attached to an aromatic ring is 2. The van der Waals surface area contributed by atoms with Crippen molar-refractivity contribution in [3.05, 3.63) is 54.1 Å². The van der Waals surface area contributed by atoms with Gasteiger partial charge in [-0.05, 0) is 24.3 Å². The minimum absolute atomic E-state index is 0.280. The van der Waals surface area contributed by atoms with E-state index in [4.69, 9.17) is 23.1 Å². The smallest absolute Gasteiger partial charge is 0.147 e. The fraction of sp³-hybridized carbons (Fsp3) is 0. The number of aromatic nitrogens is 3. The predicted molar refractivity (Wildman–Crippen MR) is 84.5 cm³/mol. The Kier molecular flexibility index (Phi) is 3.41. The molecule has 0 fully saturated rings. The van der Waals surface area contributed by atoms with E-state index in [-0.39, 0.29) is 5.82 Å². The van der Waals surface area contributed by atoms with Crippen LogP contribution in [0, 0.1) is 0 Å². The average Bonchev–Trinajstić information content (AvgIpc) is 2.51. The summed E-state index contributed by atoms with van der Waals surface area (Å²) in [4.78, 5) is 12.5. The molecule has 0 aliphatic carbocycles. The summed E-state index contributed by atoms with van der Waals surface area (Å²) in [5.41, 5.74) is 15.3. The molecule has 104 valence electrons. The van der Waals surface area contributed by atoms with Crippen LogP contribution in [0.25, 0.3) is 22.4 Å². The average molecular weight is 298 g/mol. The van der Waals surface area contributed by atoms with Crippen molar-refractivity contribution in [2.45, 2.75) is 0 Å². The Morgan fingerprint density at radius 2 is 1.76 bits per heavy atom. The van der Waals surface area contributed by atoms with Gasteiger partial charge in [0.15, 0.2) is 0 Å². The second kappa shape index (κ2) is 5.38. The van der Waals surface area contributed by atoms with Gasteiger partial charge in [0.2, 0.25) is 0 Å². The number of anilines is 2. The normalized spacial score (nSPS) is 10.5. The molecule has 6 heteroatoms. The maximum atomic E-state index is 6.23. The predicted octanol–water partition coefficient (Wildman–Crippen LogP) is 3.02. The molecule has 0 aromatic carbocycles.